The highest BCUT2D eigenvalue weighted by molar-refractivity contribution is 6.28. The number of hydrogen-bond donors (Lipinski definition) is 1. The number of carbonyl (C=O) groups excluding carboxylic acids is 2. The van der Waals surface area contributed by atoms with E-state index in [0.717, 1.165) is 4.90 Å². The highest BCUT2D eigenvalue weighted by atomic mass is 19.1. The van der Waals surface area contributed by atoms with Crippen molar-refractivity contribution in [2.75, 3.05) is 4.90 Å². The van der Waals surface area contributed by atoms with Crippen molar-refractivity contribution in [1.29, 1.82) is 0 Å². The van der Waals surface area contributed by atoms with Crippen LogP contribution in [0.2, 0.25) is 0 Å². The predicted molar refractivity (Wildman–Crippen MR) is 96.2 cm³/mol. The molecule has 5 nitrogen and oxygen atoms in total. The number of urea groups is 1. The normalized spacial score (nSPS) is 15.6. The van der Waals surface area contributed by atoms with Crippen LogP contribution in [0.25, 0.3) is 11.8 Å². The van der Waals surface area contributed by atoms with Crippen LogP contribution in [0.1, 0.15) is 5.69 Å². The van der Waals surface area contributed by atoms with E-state index in [1.807, 2.05) is 0 Å². The third kappa shape index (κ3) is 2.67. The zero-order valence-corrected chi connectivity index (χ0v) is 13.6. The van der Waals surface area contributed by atoms with Crippen LogP contribution in [-0.2, 0) is 4.79 Å². The maximum absolute atomic E-state index is 14.1. The first-order valence-electron chi connectivity index (χ1n) is 7.99. The Morgan fingerprint density at radius 2 is 1.62 bits per heavy atom. The number of anilines is 1. The molecule has 0 atom stereocenters. The average molecular weight is 347 g/mol. The van der Waals surface area contributed by atoms with Crippen molar-refractivity contribution >= 4 is 23.7 Å². The van der Waals surface area contributed by atoms with E-state index in [-0.39, 0.29) is 11.5 Å². The Morgan fingerprint density at radius 3 is 2.38 bits per heavy atom. The van der Waals surface area contributed by atoms with Crippen molar-refractivity contribution in [3.8, 4) is 5.69 Å². The molecule has 6 heteroatoms. The molecule has 1 saturated heterocycles. The van der Waals surface area contributed by atoms with E-state index in [1.165, 1.54) is 12.1 Å². The standard InChI is InChI=1S/C20H14FN3O2/c21-16-10-4-5-11-18(16)23-12-6-9-15(23)13-17-19(25)24(20(26)22-17)14-7-2-1-3-8-14/h1-13H,(H,22,26)/b17-13+. The lowest BCUT2D eigenvalue weighted by Gasteiger charge is -2.11. The Bertz CT molecular complexity index is 1020. The number of nitrogens with one attached hydrogen (secondary N) is 1. The second-order valence-electron chi connectivity index (χ2n) is 5.72. The number of rotatable bonds is 3. The molecule has 3 amide bonds. The van der Waals surface area contributed by atoms with E-state index >= 15 is 0 Å². The number of para-hydroxylation sites is 2. The van der Waals surface area contributed by atoms with Crippen LogP contribution in [0.4, 0.5) is 14.9 Å². The van der Waals surface area contributed by atoms with Crippen molar-refractivity contribution in [1.82, 2.24) is 9.88 Å². The zero-order chi connectivity index (χ0) is 18.1. The minimum atomic E-state index is -0.517. The van der Waals surface area contributed by atoms with Crippen LogP contribution in [0.15, 0.2) is 78.6 Å². The van der Waals surface area contributed by atoms with Gasteiger partial charge in [-0.25, -0.2) is 14.1 Å². The lowest BCUT2D eigenvalue weighted by molar-refractivity contribution is -0.113. The van der Waals surface area contributed by atoms with Gasteiger partial charge in [-0.2, -0.15) is 0 Å². The van der Waals surface area contributed by atoms with Crippen LogP contribution in [0.3, 0.4) is 0 Å². The van der Waals surface area contributed by atoms with E-state index in [4.69, 9.17) is 0 Å². The molecule has 0 spiro atoms. The highest BCUT2D eigenvalue weighted by Crippen LogP contribution is 2.23. The molecule has 2 aromatic carbocycles. The molecule has 0 saturated carbocycles. The van der Waals surface area contributed by atoms with Crippen LogP contribution in [0.5, 0.6) is 0 Å². The molecule has 0 aliphatic carbocycles. The highest BCUT2D eigenvalue weighted by Gasteiger charge is 2.34. The number of hydrogen-bond acceptors (Lipinski definition) is 2. The Labute approximate surface area is 149 Å². The Hall–Kier alpha value is -3.67. The molecule has 1 aliphatic heterocycles. The molecule has 0 unspecified atom stereocenters. The molecular formula is C20H14FN3O2. The fraction of sp³-hybridized carbons (Fsp3) is 0. The van der Waals surface area contributed by atoms with Gasteiger partial charge in [-0.15, -0.1) is 0 Å². The molecule has 0 bridgehead atoms. The Morgan fingerprint density at radius 1 is 0.885 bits per heavy atom. The van der Waals surface area contributed by atoms with Gasteiger partial charge in [-0.1, -0.05) is 30.3 Å². The van der Waals surface area contributed by atoms with E-state index < -0.39 is 11.9 Å². The average Bonchev–Trinajstić information content (AvgIpc) is 3.21. The minimum absolute atomic E-state index is 0.134. The molecule has 1 fully saturated rings. The summed E-state index contributed by atoms with van der Waals surface area (Å²) in [4.78, 5) is 25.9. The number of halogens is 1. The first kappa shape index (κ1) is 15.8. The van der Waals surface area contributed by atoms with E-state index in [0.29, 0.717) is 17.1 Å². The van der Waals surface area contributed by atoms with Gasteiger partial charge in [-0.05, 0) is 42.5 Å². The summed E-state index contributed by atoms with van der Waals surface area (Å²) in [5.74, 6) is -0.835. The first-order valence-corrected chi connectivity index (χ1v) is 7.99. The second-order valence-corrected chi connectivity index (χ2v) is 5.72. The van der Waals surface area contributed by atoms with E-state index in [2.05, 4.69) is 5.32 Å². The van der Waals surface area contributed by atoms with Gasteiger partial charge in [0.25, 0.3) is 5.91 Å². The predicted octanol–water partition coefficient (Wildman–Crippen LogP) is 3.71. The van der Waals surface area contributed by atoms with Crippen LogP contribution >= 0.6 is 0 Å². The van der Waals surface area contributed by atoms with Gasteiger partial charge < -0.3 is 9.88 Å². The molecule has 3 aromatic rings. The fourth-order valence-corrected chi connectivity index (χ4v) is 2.87. The van der Waals surface area contributed by atoms with Gasteiger partial charge in [0.15, 0.2) is 0 Å². The summed E-state index contributed by atoms with van der Waals surface area (Å²) in [6.45, 7) is 0. The summed E-state index contributed by atoms with van der Waals surface area (Å²) < 4.78 is 15.7. The molecule has 1 aliphatic rings. The van der Waals surface area contributed by atoms with Gasteiger partial charge in [0.05, 0.1) is 11.4 Å². The largest absolute Gasteiger partial charge is 0.333 e. The number of imide groups is 1. The summed E-state index contributed by atoms with van der Waals surface area (Å²) >= 11 is 0. The van der Waals surface area contributed by atoms with Crippen molar-refractivity contribution in [2.24, 2.45) is 0 Å². The van der Waals surface area contributed by atoms with Crippen molar-refractivity contribution in [2.45, 2.75) is 0 Å². The first-order chi connectivity index (χ1) is 12.6. The number of nitrogens with zero attached hydrogens (tertiary/aromatic N) is 2. The SMILES string of the molecule is O=C1N/C(=C/c2cccn2-c2ccccc2F)C(=O)N1c1ccccc1. The minimum Gasteiger partial charge on any atom is -0.314 e. The molecule has 1 N–H and O–H groups in total. The van der Waals surface area contributed by atoms with Crippen LogP contribution in [0, 0.1) is 5.82 Å². The number of carbonyl (C=O) groups is 2. The number of amides is 3. The van der Waals surface area contributed by atoms with Gasteiger partial charge in [0.2, 0.25) is 0 Å². The maximum Gasteiger partial charge on any atom is 0.333 e. The summed E-state index contributed by atoms with van der Waals surface area (Å²) in [5.41, 5.74) is 1.56. The maximum atomic E-state index is 14.1. The van der Waals surface area contributed by atoms with Crippen molar-refractivity contribution in [3.05, 3.63) is 90.1 Å². The summed E-state index contributed by atoms with van der Waals surface area (Å²) in [5, 5.41) is 2.58. The summed E-state index contributed by atoms with van der Waals surface area (Å²) in [7, 11) is 0. The monoisotopic (exact) mass is 347 g/mol. The Kier molecular flexibility index (Phi) is 3.85. The Balaban J connectivity index is 1.71. The lowest BCUT2D eigenvalue weighted by atomic mass is 10.2. The molecular weight excluding hydrogens is 333 g/mol. The smallest absolute Gasteiger partial charge is 0.314 e. The molecule has 26 heavy (non-hydrogen) atoms. The van der Waals surface area contributed by atoms with Crippen molar-refractivity contribution in [3.63, 3.8) is 0 Å². The molecule has 4 rings (SSSR count). The van der Waals surface area contributed by atoms with Crippen molar-refractivity contribution < 1.29 is 14.0 Å². The third-order valence-corrected chi connectivity index (χ3v) is 4.08. The second kappa shape index (κ2) is 6.33. The van der Waals surface area contributed by atoms with E-state index in [1.54, 1.807) is 71.4 Å². The zero-order valence-electron chi connectivity index (χ0n) is 13.6. The fourth-order valence-electron chi connectivity index (χ4n) is 2.87. The lowest BCUT2D eigenvalue weighted by Crippen LogP contribution is -2.30. The molecule has 1 aromatic heterocycles. The molecule has 2 heterocycles. The van der Waals surface area contributed by atoms with Gasteiger partial charge in [-0.3, -0.25) is 4.79 Å². The quantitative estimate of drug-likeness (QED) is 0.580. The summed E-state index contributed by atoms with van der Waals surface area (Å²) in [6.07, 6.45) is 3.23. The topological polar surface area (TPSA) is 54.3 Å². The van der Waals surface area contributed by atoms with E-state index in [9.17, 15) is 14.0 Å². The summed E-state index contributed by atoms with van der Waals surface area (Å²) in [6, 6.07) is 18.0. The number of aromatic nitrogens is 1. The third-order valence-electron chi connectivity index (χ3n) is 4.08. The van der Waals surface area contributed by atoms with Gasteiger partial charge in [0.1, 0.15) is 11.5 Å². The molecule has 0 radical (unpaired) electrons. The molecule has 128 valence electrons. The van der Waals surface area contributed by atoms with Gasteiger partial charge in [0, 0.05) is 11.9 Å². The van der Waals surface area contributed by atoms with Crippen LogP contribution < -0.4 is 10.2 Å². The number of benzene rings is 2. The van der Waals surface area contributed by atoms with Crippen LogP contribution in [-0.4, -0.2) is 16.5 Å². The van der Waals surface area contributed by atoms with Gasteiger partial charge >= 0.3 is 6.03 Å².